The van der Waals surface area contributed by atoms with Crippen molar-refractivity contribution in [1.29, 1.82) is 0 Å². The number of carbonyl (C=O) groups is 1. The number of benzene rings is 1. The fourth-order valence-electron chi connectivity index (χ4n) is 3.51. The SMILES string of the molecule is CC[N+](CC)(CC)OC(=O)C[N+]1=C(C)C(C)(C)c2cc(SOO[O-])ccc21. The van der Waals surface area contributed by atoms with Gasteiger partial charge in [-0.3, -0.25) is 9.88 Å². The van der Waals surface area contributed by atoms with Crippen molar-refractivity contribution in [2.24, 2.45) is 0 Å². The minimum atomic E-state index is -0.253. The van der Waals surface area contributed by atoms with Crippen LogP contribution in [-0.2, 0) is 24.4 Å². The van der Waals surface area contributed by atoms with Gasteiger partial charge in [0.05, 0.1) is 17.5 Å². The van der Waals surface area contributed by atoms with Crippen LogP contribution < -0.4 is 5.26 Å². The van der Waals surface area contributed by atoms with E-state index >= 15 is 0 Å². The van der Waals surface area contributed by atoms with Crippen LogP contribution in [0.4, 0.5) is 5.69 Å². The van der Waals surface area contributed by atoms with Crippen molar-refractivity contribution >= 4 is 29.4 Å². The molecule has 1 aliphatic rings. The summed E-state index contributed by atoms with van der Waals surface area (Å²) in [7, 11) is 0. The first-order valence-corrected chi connectivity index (χ1v) is 9.96. The third-order valence-corrected chi connectivity index (χ3v) is 6.28. The van der Waals surface area contributed by atoms with Crippen LogP contribution in [-0.4, -0.2) is 47.1 Å². The molecule has 8 heteroatoms. The molecule has 0 aromatic heterocycles. The Kier molecular flexibility index (Phi) is 7.04. The monoisotopic (exact) mass is 397 g/mol. The lowest BCUT2D eigenvalue weighted by Crippen LogP contribution is -2.50. The molecule has 0 unspecified atom stereocenters. The standard InChI is InChI=1S/C19H29N2O5S/c1-7-21(8-2,9-3)24-18(22)13-20-14(4)19(5,6)16-12-15(27-26-25-23)10-11-17(16)20/h10-12H,7-9,13H2,1-6H3/q+1. The van der Waals surface area contributed by atoms with E-state index in [0.29, 0.717) is 4.65 Å². The lowest BCUT2D eigenvalue weighted by Gasteiger charge is -2.30. The minimum Gasteiger partial charge on any atom is -0.691 e. The smallest absolute Gasteiger partial charge is 0.430 e. The number of quaternary nitrogens is 1. The zero-order chi connectivity index (χ0) is 20.2. The third-order valence-electron chi connectivity index (χ3n) is 5.71. The molecular weight excluding hydrogens is 368 g/mol. The largest absolute Gasteiger partial charge is 0.691 e. The Hall–Kier alpha value is -1.45. The molecular formula is C19H29N2O5S+. The summed E-state index contributed by atoms with van der Waals surface area (Å²) in [5, 5.41) is 13.5. The predicted octanol–water partition coefficient (Wildman–Crippen LogP) is 2.65. The highest BCUT2D eigenvalue weighted by Crippen LogP contribution is 2.41. The van der Waals surface area contributed by atoms with Crippen LogP contribution in [0.5, 0.6) is 0 Å². The second-order valence-electron chi connectivity index (χ2n) is 7.17. The molecule has 1 heterocycles. The van der Waals surface area contributed by atoms with E-state index in [2.05, 4.69) is 23.2 Å². The number of hydrogen-bond donors (Lipinski definition) is 0. The second-order valence-corrected chi connectivity index (χ2v) is 7.94. The van der Waals surface area contributed by atoms with E-state index in [-0.39, 0.29) is 17.9 Å². The molecule has 1 aromatic carbocycles. The Bertz CT molecular complexity index is 721. The van der Waals surface area contributed by atoms with Crippen molar-refractivity contribution in [3.8, 4) is 0 Å². The van der Waals surface area contributed by atoms with Crippen molar-refractivity contribution in [3.63, 3.8) is 0 Å². The summed E-state index contributed by atoms with van der Waals surface area (Å²) in [4.78, 5) is 19.3. The molecule has 0 saturated carbocycles. The van der Waals surface area contributed by atoms with Crippen LogP contribution >= 0.6 is 12.0 Å². The summed E-state index contributed by atoms with van der Waals surface area (Å²) in [6.07, 6.45) is 0. The van der Waals surface area contributed by atoms with Gasteiger partial charge in [-0.25, -0.2) is 4.79 Å². The lowest BCUT2D eigenvalue weighted by atomic mass is 9.82. The van der Waals surface area contributed by atoms with Gasteiger partial charge in [-0.05, 0) is 46.8 Å². The summed E-state index contributed by atoms with van der Waals surface area (Å²) in [6, 6.07) is 5.72. The van der Waals surface area contributed by atoms with Gasteiger partial charge in [-0.1, -0.05) is 0 Å². The van der Waals surface area contributed by atoms with Crippen LogP contribution in [0.3, 0.4) is 0 Å². The maximum Gasteiger partial charge on any atom is 0.430 e. The van der Waals surface area contributed by atoms with Crippen molar-refractivity contribution in [1.82, 2.24) is 0 Å². The summed E-state index contributed by atoms with van der Waals surface area (Å²) < 4.78 is 6.75. The fourth-order valence-corrected chi connectivity index (χ4v) is 3.91. The van der Waals surface area contributed by atoms with Crippen molar-refractivity contribution in [2.45, 2.75) is 51.9 Å². The average Bonchev–Trinajstić information content (AvgIpc) is 2.85. The van der Waals surface area contributed by atoms with Gasteiger partial charge in [0, 0.05) is 23.4 Å². The van der Waals surface area contributed by atoms with Crippen molar-refractivity contribution in [3.05, 3.63) is 23.8 Å². The predicted molar refractivity (Wildman–Crippen MR) is 101 cm³/mol. The normalized spacial score (nSPS) is 15.8. The highest BCUT2D eigenvalue weighted by atomic mass is 32.2. The molecule has 2 rings (SSSR count). The molecule has 1 aromatic rings. The maximum absolute atomic E-state index is 12.7. The molecule has 0 saturated heterocycles. The molecule has 7 nitrogen and oxygen atoms in total. The highest BCUT2D eigenvalue weighted by molar-refractivity contribution is 7.94. The van der Waals surface area contributed by atoms with Gasteiger partial charge in [0.25, 0.3) is 6.54 Å². The number of hydrogen-bond acceptors (Lipinski definition) is 6. The van der Waals surface area contributed by atoms with Crippen LogP contribution in [0.1, 0.15) is 47.1 Å². The Labute approximate surface area is 165 Å². The first kappa shape index (κ1) is 21.8. The zero-order valence-corrected chi connectivity index (χ0v) is 17.7. The van der Waals surface area contributed by atoms with Crippen molar-refractivity contribution in [2.75, 3.05) is 26.2 Å². The number of rotatable bonds is 9. The number of carbonyl (C=O) groups excluding carboxylic acids is 1. The van der Waals surface area contributed by atoms with Crippen LogP contribution in [0.2, 0.25) is 0 Å². The Morgan fingerprint density at radius 1 is 1.22 bits per heavy atom. The summed E-state index contributed by atoms with van der Waals surface area (Å²) in [5.74, 6) is -0.245. The van der Waals surface area contributed by atoms with Crippen molar-refractivity contribution < 1.29 is 33.5 Å². The second kappa shape index (κ2) is 8.70. The van der Waals surface area contributed by atoms with E-state index < -0.39 is 0 Å². The van der Waals surface area contributed by atoms with E-state index in [0.717, 1.165) is 53.5 Å². The molecule has 0 N–H and O–H groups in total. The van der Waals surface area contributed by atoms with E-state index in [1.165, 1.54) is 0 Å². The van der Waals surface area contributed by atoms with Gasteiger partial charge in [0.2, 0.25) is 5.69 Å². The van der Waals surface area contributed by atoms with Gasteiger partial charge in [-0.2, -0.15) is 8.91 Å². The third kappa shape index (κ3) is 4.35. The van der Waals surface area contributed by atoms with Gasteiger partial charge in [-0.15, -0.1) is 4.65 Å². The Morgan fingerprint density at radius 2 is 1.85 bits per heavy atom. The maximum atomic E-state index is 12.7. The number of nitrogens with zero attached hydrogens (tertiary/aromatic N) is 2. The highest BCUT2D eigenvalue weighted by Gasteiger charge is 2.44. The molecule has 0 atom stereocenters. The van der Waals surface area contributed by atoms with Gasteiger partial charge < -0.3 is 5.26 Å². The molecule has 27 heavy (non-hydrogen) atoms. The summed E-state index contributed by atoms with van der Waals surface area (Å²) in [6.45, 7) is 14.7. The topological polar surface area (TPSA) is 70.8 Å². The minimum absolute atomic E-state index is 0.162. The molecule has 1 aliphatic heterocycles. The molecule has 150 valence electrons. The number of fused-ring (bicyclic) bond motifs is 1. The quantitative estimate of drug-likeness (QED) is 0.210. The molecule has 0 radical (unpaired) electrons. The van der Waals surface area contributed by atoms with Crippen LogP contribution in [0.25, 0.3) is 0 Å². The zero-order valence-electron chi connectivity index (χ0n) is 16.9. The average molecular weight is 398 g/mol. The first-order valence-electron chi connectivity index (χ1n) is 9.22. The van der Waals surface area contributed by atoms with Crippen LogP contribution in [0.15, 0.2) is 23.1 Å². The molecule has 0 aliphatic carbocycles. The molecule has 0 fully saturated rings. The molecule has 0 bridgehead atoms. The lowest BCUT2D eigenvalue weighted by molar-refractivity contribution is -1.09. The van der Waals surface area contributed by atoms with Gasteiger partial charge in [0.1, 0.15) is 19.6 Å². The first-order chi connectivity index (χ1) is 12.7. The molecule has 0 spiro atoms. The summed E-state index contributed by atoms with van der Waals surface area (Å²) >= 11 is 0.864. The van der Waals surface area contributed by atoms with E-state index in [4.69, 9.17) is 4.84 Å². The molecule has 0 amide bonds. The Morgan fingerprint density at radius 3 is 2.41 bits per heavy atom. The van der Waals surface area contributed by atoms with Crippen LogP contribution in [0, 0.1) is 0 Å². The number of hydroxylamine groups is 3. The van der Waals surface area contributed by atoms with Gasteiger partial charge in [0.15, 0.2) is 5.71 Å². The van der Waals surface area contributed by atoms with Gasteiger partial charge >= 0.3 is 5.97 Å². The van der Waals surface area contributed by atoms with E-state index in [1.54, 1.807) is 0 Å². The summed E-state index contributed by atoms with van der Waals surface area (Å²) in [5.41, 5.74) is 2.84. The van der Waals surface area contributed by atoms with E-state index in [9.17, 15) is 10.1 Å². The fraction of sp³-hybridized carbons (Fsp3) is 0.579. The van der Waals surface area contributed by atoms with E-state index in [1.807, 2.05) is 50.5 Å². The Balaban J connectivity index is 2.28.